The molecule has 17 nitrogen and oxygen atoms in total. The zero-order valence-electron chi connectivity index (χ0n) is 41.8. The van der Waals surface area contributed by atoms with Crippen LogP contribution in [-0.4, -0.2) is 88.4 Å². The van der Waals surface area contributed by atoms with E-state index in [1.165, 1.54) is 75.4 Å². The van der Waals surface area contributed by atoms with E-state index in [9.17, 15) is 9.59 Å². The average molecular weight is 1110 g/mol. The van der Waals surface area contributed by atoms with E-state index in [1.807, 2.05) is 0 Å². The summed E-state index contributed by atoms with van der Waals surface area (Å²) in [7, 11) is 3.00. The van der Waals surface area contributed by atoms with Gasteiger partial charge < -0.3 is 32.8 Å². The van der Waals surface area contributed by atoms with Crippen molar-refractivity contribution in [1.82, 2.24) is 49.0 Å². The van der Waals surface area contributed by atoms with Crippen LogP contribution in [0.4, 0.5) is 17.6 Å². The van der Waals surface area contributed by atoms with Gasteiger partial charge in [0.15, 0.2) is 0 Å². The third-order valence-corrected chi connectivity index (χ3v) is 12.8. The van der Waals surface area contributed by atoms with Gasteiger partial charge in [-0.3, -0.25) is 9.97 Å². The number of hydrogen-bond acceptors (Lipinski definition) is 15. The number of methoxy groups -OCH3 is 2. The Kier molecular flexibility index (Phi) is 16.2. The van der Waals surface area contributed by atoms with Gasteiger partial charge in [0.05, 0.1) is 94.0 Å². The lowest BCUT2D eigenvalue weighted by Crippen LogP contribution is -2.14. The highest BCUT2D eigenvalue weighted by molar-refractivity contribution is 6.29. The highest BCUT2D eigenvalue weighted by Crippen LogP contribution is 2.31. The molecule has 0 atom stereocenters. The quantitative estimate of drug-likeness (QED) is 0.0397. The molecule has 0 radical (unpaired) electrons. The minimum Gasteiger partial charge on any atom is -0.471 e. The molecule has 0 unspecified atom stereocenters. The number of benzene rings is 4. The minimum atomic E-state index is -0.977. The van der Waals surface area contributed by atoms with E-state index in [4.69, 9.17) is 56.9 Å². The molecule has 0 saturated heterocycles. The maximum atomic E-state index is 15.9. The molecule has 10 aromatic rings. The SMILES string of the molecule is COCCn1c(Cc2cc(F)c(-c3cccc(OCc4cnc(Cl)cn4)n3)cc2F)nc2ccc(C(=O)OC(=O)c3ccc4nc(Cc5cc(F)c(-c6cccc(OCc7cnc(Cl)cn7)n6)cc5F)n(CCOC)c4c3)cc21. The summed E-state index contributed by atoms with van der Waals surface area (Å²) in [5.41, 5.74) is 2.80. The van der Waals surface area contributed by atoms with Crippen LogP contribution in [0.3, 0.4) is 0 Å². The van der Waals surface area contributed by atoms with Gasteiger partial charge in [0, 0.05) is 63.4 Å². The van der Waals surface area contributed by atoms with Gasteiger partial charge in [-0.1, -0.05) is 35.3 Å². The van der Waals surface area contributed by atoms with Gasteiger partial charge in [0.25, 0.3) is 0 Å². The third-order valence-electron chi connectivity index (χ3n) is 12.4. The molecule has 4 aromatic carbocycles. The van der Waals surface area contributed by atoms with Crippen molar-refractivity contribution in [3.8, 4) is 34.3 Å². The molecule has 0 aliphatic heterocycles. The number of halogens is 6. The fourth-order valence-electron chi connectivity index (χ4n) is 8.53. The summed E-state index contributed by atoms with van der Waals surface area (Å²) in [6.07, 6.45) is 5.36. The van der Waals surface area contributed by atoms with E-state index in [2.05, 4.69) is 29.9 Å². The van der Waals surface area contributed by atoms with Gasteiger partial charge in [-0.25, -0.2) is 57.1 Å². The molecule has 6 heterocycles. The Labute approximate surface area is 456 Å². The summed E-state index contributed by atoms with van der Waals surface area (Å²) in [4.78, 5) is 61.7. The number of imidazole rings is 2. The molecule has 0 saturated carbocycles. The maximum absolute atomic E-state index is 15.9. The Hall–Kier alpha value is -8.76. The zero-order chi connectivity index (χ0) is 55.2. The van der Waals surface area contributed by atoms with Crippen molar-refractivity contribution in [2.45, 2.75) is 39.1 Å². The van der Waals surface area contributed by atoms with Gasteiger partial charge >= 0.3 is 11.9 Å². The fourth-order valence-corrected chi connectivity index (χ4v) is 8.72. The van der Waals surface area contributed by atoms with Crippen molar-refractivity contribution >= 4 is 57.2 Å². The molecule has 0 amide bonds. The average Bonchev–Trinajstić information content (AvgIpc) is 4.08. The standard InChI is InChI=1S/C56H42Cl2F4N10O7/c1-75-15-13-71-47-19-31(9-11-45(47)67-51(71)21-33-17-41(61)37(23-39(33)59)43-5-3-7-53(69-43)77-29-35-25-65-49(57)27-63-35)55(73)79-56(74)32-10-12-46-48(20-32)72(14-16-76-2)52(68-46)22-34-18-42(62)38(24-40(34)60)44-6-4-8-54(70-44)78-30-36-26-66-50(58)28-64-36/h3-12,17-20,23-28H,13-16,21-22,29-30H2,1-2H3. The van der Waals surface area contributed by atoms with Crippen molar-refractivity contribution in [3.63, 3.8) is 0 Å². The Bertz CT molecular complexity index is 3660. The Balaban J connectivity index is 0.841. The predicted molar refractivity (Wildman–Crippen MR) is 281 cm³/mol. The van der Waals surface area contributed by atoms with E-state index < -0.39 is 35.2 Å². The minimum absolute atomic E-state index is 0.00224. The van der Waals surface area contributed by atoms with E-state index in [-0.39, 0.29) is 119 Å². The van der Waals surface area contributed by atoms with Crippen molar-refractivity contribution in [3.05, 3.63) is 201 Å². The van der Waals surface area contributed by atoms with E-state index in [1.54, 1.807) is 45.5 Å². The molecule has 6 aromatic heterocycles. The summed E-state index contributed by atoms with van der Waals surface area (Å²) in [6.45, 7) is 0.869. The van der Waals surface area contributed by atoms with Crippen molar-refractivity contribution < 1.29 is 50.8 Å². The molecule has 0 bridgehead atoms. The number of carbonyl (C=O) groups excluding carboxylic acids is 2. The van der Waals surface area contributed by atoms with Crippen LogP contribution in [0, 0.1) is 23.3 Å². The first-order valence-electron chi connectivity index (χ1n) is 24.1. The topological polar surface area (TPSA) is 193 Å². The molecular weight excluding hydrogens is 1070 g/mol. The predicted octanol–water partition coefficient (Wildman–Crippen LogP) is 10.6. The molecule has 0 N–H and O–H groups in total. The highest BCUT2D eigenvalue weighted by Gasteiger charge is 2.23. The number of carbonyl (C=O) groups is 2. The number of pyridine rings is 2. The number of rotatable bonds is 20. The van der Waals surface area contributed by atoms with Crippen LogP contribution in [-0.2, 0) is 53.4 Å². The van der Waals surface area contributed by atoms with Crippen LogP contribution in [0.1, 0.15) is 54.9 Å². The summed E-state index contributed by atoms with van der Waals surface area (Å²) >= 11 is 11.6. The van der Waals surface area contributed by atoms with Crippen LogP contribution in [0.5, 0.6) is 11.8 Å². The summed E-state index contributed by atoms with van der Waals surface area (Å²) < 4.78 is 94.5. The molecule has 10 rings (SSSR count). The summed E-state index contributed by atoms with van der Waals surface area (Å²) in [5.74, 6) is -3.87. The molecule has 0 fully saturated rings. The molecular formula is C56H42Cl2F4N10O7. The molecule has 23 heteroatoms. The van der Waals surface area contributed by atoms with Gasteiger partial charge in [-0.05, 0) is 83.9 Å². The van der Waals surface area contributed by atoms with Crippen LogP contribution in [0.25, 0.3) is 44.6 Å². The van der Waals surface area contributed by atoms with Crippen LogP contribution in [0.2, 0.25) is 10.3 Å². The summed E-state index contributed by atoms with van der Waals surface area (Å²) in [6, 6.07) is 22.6. The zero-order valence-corrected chi connectivity index (χ0v) is 43.3. The molecule has 0 spiro atoms. The van der Waals surface area contributed by atoms with Crippen LogP contribution < -0.4 is 9.47 Å². The monoisotopic (exact) mass is 1110 g/mol. The lowest BCUT2D eigenvalue weighted by molar-refractivity contribution is 0.0397. The molecule has 0 aliphatic rings. The second kappa shape index (κ2) is 23.9. The van der Waals surface area contributed by atoms with Crippen molar-refractivity contribution in [2.75, 3.05) is 27.4 Å². The second-order valence-electron chi connectivity index (χ2n) is 17.6. The smallest absolute Gasteiger partial charge is 0.346 e. The fraction of sp³-hybridized carbons (Fsp3) is 0.179. The number of fused-ring (bicyclic) bond motifs is 2. The summed E-state index contributed by atoms with van der Waals surface area (Å²) in [5, 5.41) is 0.447. The van der Waals surface area contributed by atoms with Crippen molar-refractivity contribution in [1.29, 1.82) is 0 Å². The van der Waals surface area contributed by atoms with Gasteiger partial charge in [-0.2, -0.15) is 0 Å². The molecule has 79 heavy (non-hydrogen) atoms. The van der Waals surface area contributed by atoms with Gasteiger partial charge in [-0.15, -0.1) is 0 Å². The lowest BCUT2D eigenvalue weighted by Gasteiger charge is -2.12. The number of hydrogen-bond donors (Lipinski definition) is 0. The first-order chi connectivity index (χ1) is 38.3. The largest absolute Gasteiger partial charge is 0.471 e. The van der Waals surface area contributed by atoms with E-state index >= 15 is 17.6 Å². The first-order valence-corrected chi connectivity index (χ1v) is 24.9. The number of esters is 2. The highest BCUT2D eigenvalue weighted by atomic mass is 35.5. The van der Waals surface area contributed by atoms with Gasteiger partial charge in [0.2, 0.25) is 11.8 Å². The number of nitrogens with zero attached hydrogens (tertiary/aromatic N) is 10. The third kappa shape index (κ3) is 12.3. The van der Waals surface area contributed by atoms with E-state index in [0.29, 0.717) is 45.1 Å². The Morgan fingerprint density at radius 2 is 0.962 bits per heavy atom. The Morgan fingerprint density at radius 3 is 1.37 bits per heavy atom. The first kappa shape index (κ1) is 53.6. The van der Waals surface area contributed by atoms with Crippen LogP contribution in [0.15, 0.2) is 122 Å². The lowest BCUT2D eigenvalue weighted by atomic mass is 10.0. The maximum Gasteiger partial charge on any atom is 0.346 e. The number of aromatic nitrogens is 10. The molecule has 400 valence electrons. The van der Waals surface area contributed by atoms with Crippen LogP contribution >= 0.6 is 23.2 Å². The normalized spacial score (nSPS) is 11.4. The van der Waals surface area contributed by atoms with E-state index in [0.717, 1.165) is 24.3 Å². The second-order valence-corrected chi connectivity index (χ2v) is 18.4. The Morgan fingerprint density at radius 1 is 0.519 bits per heavy atom. The molecule has 0 aliphatic carbocycles. The van der Waals surface area contributed by atoms with Gasteiger partial charge in [0.1, 0.15) is 58.4 Å². The van der Waals surface area contributed by atoms with Crippen molar-refractivity contribution in [2.24, 2.45) is 0 Å². The number of ether oxygens (including phenoxy) is 5.